The van der Waals surface area contributed by atoms with Gasteiger partial charge in [-0.05, 0) is 32.0 Å². The first kappa shape index (κ1) is 17.3. The number of aliphatic hydroxyl groups is 1. The molecular formula is C14H19F3N2O2. The van der Waals surface area contributed by atoms with Gasteiger partial charge in [0.05, 0.1) is 16.7 Å². The van der Waals surface area contributed by atoms with Gasteiger partial charge in [0.1, 0.15) is 0 Å². The van der Waals surface area contributed by atoms with Gasteiger partial charge in [0.2, 0.25) is 0 Å². The minimum atomic E-state index is -4.52. The third-order valence-corrected chi connectivity index (χ3v) is 2.82. The maximum atomic E-state index is 12.8. The lowest BCUT2D eigenvalue weighted by Crippen LogP contribution is -2.40. The van der Waals surface area contributed by atoms with Crippen LogP contribution in [0.25, 0.3) is 0 Å². The Kier molecular flexibility index (Phi) is 4.88. The average molecular weight is 304 g/mol. The van der Waals surface area contributed by atoms with Crippen LogP contribution < -0.4 is 5.32 Å². The molecule has 0 saturated carbocycles. The topological polar surface area (TPSA) is 52.6 Å². The second-order valence-electron chi connectivity index (χ2n) is 5.48. The molecule has 0 aromatic heterocycles. The van der Waals surface area contributed by atoms with Crippen molar-refractivity contribution in [1.82, 2.24) is 4.90 Å². The highest BCUT2D eigenvalue weighted by atomic mass is 19.4. The number of likely N-dealkylation sites (N-methyl/N-ethyl adjacent to an activating group) is 1. The van der Waals surface area contributed by atoms with Gasteiger partial charge < -0.3 is 15.3 Å². The fraction of sp³-hybridized carbons (Fsp3) is 0.500. The first-order valence-electron chi connectivity index (χ1n) is 6.32. The summed E-state index contributed by atoms with van der Waals surface area (Å²) in [5, 5.41) is 12.4. The number of anilines is 1. The number of nitrogens with one attached hydrogen (secondary N) is 1. The molecule has 7 heteroatoms. The number of carbonyl (C=O) groups is 1. The standard InChI is InChI=1S/C14H19F3N2O2/c1-13(2,21)8-19(4)12(20)10-7-9(14(15,16)17)5-6-11(10)18-3/h5-7,18,21H,8H2,1-4H3. The van der Waals surface area contributed by atoms with E-state index >= 15 is 0 Å². The normalized spacial score (nSPS) is 12.2. The Morgan fingerprint density at radius 2 is 1.90 bits per heavy atom. The molecule has 0 radical (unpaired) electrons. The zero-order valence-corrected chi connectivity index (χ0v) is 12.4. The summed E-state index contributed by atoms with van der Waals surface area (Å²) in [6.45, 7) is 3.04. The van der Waals surface area contributed by atoms with Gasteiger partial charge in [0.15, 0.2) is 0 Å². The molecule has 0 atom stereocenters. The van der Waals surface area contributed by atoms with Crippen molar-refractivity contribution in [3.63, 3.8) is 0 Å². The van der Waals surface area contributed by atoms with Crippen LogP contribution >= 0.6 is 0 Å². The molecule has 0 aliphatic heterocycles. The maximum absolute atomic E-state index is 12.8. The van der Waals surface area contributed by atoms with Gasteiger partial charge >= 0.3 is 6.18 Å². The second kappa shape index (κ2) is 5.93. The van der Waals surface area contributed by atoms with E-state index in [1.807, 2.05) is 0 Å². The highest BCUT2D eigenvalue weighted by Gasteiger charge is 2.32. The number of alkyl halides is 3. The van der Waals surface area contributed by atoms with Gasteiger partial charge in [-0.1, -0.05) is 0 Å². The van der Waals surface area contributed by atoms with Crippen molar-refractivity contribution in [3.8, 4) is 0 Å². The Labute approximate surface area is 121 Å². The minimum Gasteiger partial charge on any atom is -0.389 e. The van der Waals surface area contributed by atoms with Gasteiger partial charge in [-0.3, -0.25) is 4.79 Å². The summed E-state index contributed by atoms with van der Waals surface area (Å²) in [4.78, 5) is 13.5. The van der Waals surface area contributed by atoms with E-state index in [2.05, 4.69) is 5.32 Å². The molecule has 4 nitrogen and oxygen atoms in total. The summed E-state index contributed by atoms with van der Waals surface area (Å²) in [5.74, 6) is -0.590. The first-order valence-corrected chi connectivity index (χ1v) is 6.32. The number of rotatable bonds is 4. The molecule has 0 spiro atoms. The number of benzene rings is 1. The van der Waals surface area contributed by atoms with E-state index in [1.54, 1.807) is 0 Å². The smallest absolute Gasteiger partial charge is 0.389 e. The molecule has 0 unspecified atom stereocenters. The van der Waals surface area contributed by atoms with Gasteiger partial charge in [0, 0.05) is 26.3 Å². The lowest BCUT2D eigenvalue weighted by Gasteiger charge is -2.26. The van der Waals surface area contributed by atoms with Crippen molar-refractivity contribution >= 4 is 11.6 Å². The highest BCUT2D eigenvalue weighted by Crippen LogP contribution is 2.32. The van der Waals surface area contributed by atoms with E-state index in [1.165, 1.54) is 38.9 Å². The predicted molar refractivity (Wildman–Crippen MR) is 74.2 cm³/mol. The Balaban J connectivity index is 3.18. The molecule has 0 fully saturated rings. The number of carbonyl (C=O) groups excluding carboxylic acids is 1. The zero-order chi connectivity index (χ0) is 16.4. The number of nitrogens with zero attached hydrogens (tertiary/aromatic N) is 1. The van der Waals surface area contributed by atoms with Crippen LogP contribution in [-0.4, -0.2) is 42.2 Å². The van der Waals surface area contributed by atoms with Crippen LogP contribution in [0.4, 0.5) is 18.9 Å². The molecule has 0 aliphatic carbocycles. The first-order chi connectivity index (χ1) is 9.45. The van der Waals surface area contributed by atoms with Gasteiger partial charge in [-0.15, -0.1) is 0 Å². The monoisotopic (exact) mass is 304 g/mol. The molecule has 1 amide bonds. The van der Waals surface area contributed by atoms with E-state index in [0.717, 1.165) is 12.1 Å². The third-order valence-electron chi connectivity index (χ3n) is 2.82. The largest absolute Gasteiger partial charge is 0.416 e. The van der Waals surface area contributed by atoms with Crippen molar-refractivity contribution in [2.75, 3.05) is 26.0 Å². The summed E-state index contributed by atoms with van der Waals surface area (Å²) < 4.78 is 38.3. The Bertz CT molecular complexity index is 522. The summed E-state index contributed by atoms with van der Waals surface area (Å²) in [5.41, 5.74) is -1.80. The summed E-state index contributed by atoms with van der Waals surface area (Å²) in [6.07, 6.45) is -4.52. The van der Waals surface area contributed by atoms with Crippen molar-refractivity contribution < 1.29 is 23.1 Å². The number of amides is 1. The molecule has 0 bridgehead atoms. The Morgan fingerprint density at radius 1 is 1.33 bits per heavy atom. The molecule has 0 aliphatic rings. The molecule has 0 heterocycles. The molecule has 0 saturated heterocycles. The van der Waals surface area contributed by atoms with Crippen LogP contribution in [0.5, 0.6) is 0 Å². The molecule has 118 valence electrons. The lowest BCUT2D eigenvalue weighted by atomic mass is 10.1. The van der Waals surface area contributed by atoms with Gasteiger partial charge in [-0.2, -0.15) is 13.2 Å². The van der Waals surface area contributed by atoms with Crippen LogP contribution in [0.2, 0.25) is 0 Å². The van der Waals surface area contributed by atoms with Crippen molar-refractivity contribution in [3.05, 3.63) is 29.3 Å². The number of halogens is 3. The van der Waals surface area contributed by atoms with Crippen molar-refractivity contribution in [2.45, 2.75) is 25.6 Å². The van der Waals surface area contributed by atoms with E-state index in [9.17, 15) is 23.1 Å². The summed E-state index contributed by atoms with van der Waals surface area (Å²) in [6, 6.07) is 2.95. The van der Waals surface area contributed by atoms with Crippen LogP contribution in [0.1, 0.15) is 29.8 Å². The van der Waals surface area contributed by atoms with Gasteiger partial charge in [-0.25, -0.2) is 0 Å². The molecule has 1 aromatic carbocycles. The molecule has 1 aromatic rings. The fourth-order valence-electron chi connectivity index (χ4n) is 1.97. The number of hydrogen-bond donors (Lipinski definition) is 2. The van der Waals surface area contributed by atoms with E-state index in [-0.39, 0.29) is 12.1 Å². The third kappa shape index (κ3) is 4.63. The summed E-state index contributed by atoms with van der Waals surface area (Å²) in [7, 11) is 2.95. The Hall–Kier alpha value is -1.76. The molecule has 1 rings (SSSR count). The van der Waals surface area contributed by atoms with Crippen LogP contribution in [0.15, 0.2) is 18.2 Å². The SMILES string of the molecule is CNc1ccc(C(F)(F)F)cc1C(=O)N(C)CC(C)(C)O. The van der Waals surface area contributed by atoms with Gasteiger partial charge in [0.25, 0.3) is 5.91 Å². The second-order valence-corrected chi connectivity index (χ2v) is 5.48. The van der Waals surface area contributed by atoms with E-state index < -0.39 is 23.2 Å². The Morgan fingerprint density at radius 3 is 2.33 bits per heavy atom. The lowest BCUT2D eigenvalue weighted by molar-refractivity contribution is -0.137. The molecule has 21 heavy (non-hydrogen) atoms. The molecular weight excluding hydrogens is 285 g/mol. The average Bonchev–Trinajstić information content (AvgIpc) is 2.33. The van der Waals surface area contributed by atoms with Crippen LogP contribution in [-0.2, 0) is 6.18 Å². The van der Waals surface area contributed by atoms with Crippen LogP contribution in [0.3, 0.4) is 0 Å². The minimum absolute atomic E-state index is 0.00519. The van der Waals surface area contributed by atoms with E-state index in [0.29, 0.717) is 5.69 Å². The number of hydrogen-bond acceptors (Lipinski definition) is 3. The summed E-state index contributed by atoms with van der Waals surface area (Å²) >= 11 is 0. The van der Waals surface area contributed by atoms with E-state index in [4.69, 9.17) is 0 Å². The van der Waals surface area contributed by atoms with Crippen molar-refractivity contribution in [1.29, 1.82) is 0 Å². The zero-order valence-electron chi connectivity index (χ0n) is 12.4. The van der Waals surface area contributed by atoms with Crippen LogP contribution in [0, 0.1) is 0 Å². The highest BCUT2D eigenvalue weighted by molar-refractivity contribution is 5.99. The quantitative estimate of drug-likeness (QED) is 0.899. The fourth-order valence-corrected chi connectivity index (χ4v) is 1.97. The predicted octanol–water partition coefficient (Wildman–Crippen LogP) is 2.59. The maximum Gasteiger partial charge on any atom is 0.416 e. The molecule has 2 N–H and O–H groups in total. The van der Waals surface area contributed by atoms with Crippen molar-refractivity contribution in [2.24, 2.45) is 0 Å².